The molecule has 0 amide bonds. The Labute approximate surface area is 165 Å². The molecule has 28 heavy (non-hydrogen) atoms. The van der Waals surface area contributed by atoms with E-state index in [1.807, 2.05) is 35.9 Å². The van der Waals surface area contributed by atoms with E-state index in [1.165, 1.54) is 18.2 Å². The van der Waals surface area contributed by atoms with Crippen LogP contribution in [0.25, 0.3) is 11.1 Å². The van der Waals surface area contributed by atoms with Crippen LogP contribution in [0.4, 0.5) is 0 Å². The fourth-order valence-electron chi connectivity index (χ4n) is 3.05. The van der Waals surface area contributed by atoms with Crippen molar-refractivity contribution in [3.05, 3.63) is 80.7 Å². The molecule has 0 unspecified atom stereocenters. The SMILES string of the molecule is Cc1cccnc1[C@H](Cc1ccsc1)NS(=O)(=O)c1ccc2[nH]c(=O)oc2c1. The molecule has 0 fully saturated rings. The van der Waals surface area contributed by atoms with E-state index in [2.05, 4.69) is 14.7 Å². The molecule has 3 aromatic heterocycles. The third kappa shape index (κ3) is 3.77. The van der Waals surface area contributed by atoms with Crippen LogP contribution in [-0.2, 0) is 16.4 Å². The number of sulfonamides is 1. The highest BCUT2D eigenvalue weighted by molar-refractivity contribution is 7.89. The minimum atomic E-state index is -3.87. The first-order valence-corrected chi connectivity index (χ1v) is 10.9. The molecule has 0 aliphatic heterocycles. The predicted octanol–water partition coefficient (Wildman–Crippen LogP) is 3.15. The summed E-state index contributed by atoms with van der Waals surface area (Å²) in [5, 5.41) is 3.94. The molecule has 7 nitrogen and oxygen atoms in total. The molecule has 4 rings (SSSR count). The molecule has 0 aliphatic carbocycles. The van der Waals surface area contributed by atoms with Gasteiger partial charge in [0.1, 0.15) is 0 Å². The van der Waals surface area contributed by atoms with Gasteiger partial charge in [-0.1, -0.05) is 6.07 Å². The number of nitrogens with one attached hydrogen (secondary N) is 2. The second-order valence-electron chi connectivity index (χ2n) is 6.39. The van der Waals surface area contributed by atoms with Gasteiger partial charge in [-0.15, -0.1) is 0 Å². The maximum Gasteiger partial charge on any atom is 0.417 e. The first-order valence-electron chi connectivity index (χ1n) is 8.50. The molecule has 0 aliphatic rings. The smallest absolute Gasteiger partial charge is 0.408 e. The van der Waals surface area contributed by atoms with E-state index in [0.717, 1.165) is 11.1 Å². The van der Waals surface area contributed by atoms with Crippen LogP contribution in [-0.4, -0.2) is 18.4 Å². The summed E-state index contributed by atoms with van der Waals surface area (Å²) in [7, 11) is -3.87. The molecular weight excluding hydrogens is 398 g/mol. The van der Waals surface area contributed by atoms with Crippen LogP contribution in [0.3, 0.4) is 0 Å². The molecule has 2 N–H and O–H groups in total. The second-order valence-corrected chi connectivity index (χ2v) is 8.88. The van der Waals surface area contributed by atoms with Gasteiger partial charge in [0.2, 0.25) is 10.0 Å². The Hall–Kier alpha value is -2.75. The monoisotopic (exact) mass is 415 g/mol. The van der Waals surface area contributed by atoms with Crippen molar-refractivity contribution in [2.24, 2.45) is 0 Å². The van der Waals surface area contributed by atoms with Crippen LogP contribution in [0.1, 0.15) is 22.9 Å². The summed E-state index contributed by atoms with van der Waals surface area (Å²) in [6.07, 6.45) is 2.12. The topological polar surface area (TPSA) is 105 Å². The van der Waals surface area contributed by atoms with Crippen LogP contribution >= 0.6 is 11.3 Å². The van der Waals surface area contributed by atoms with Crippen LogP contribution in [0, 0.1) is 6.92 Å². The fourth-order valence-corrected chi connectivity index (χ4v) is 4.95. The van der Waals surface area contributed by atoms with Crippen LogP contribution in [0.5, 0.6) is 0 Å². The molecule has 9 heteroatoms. The number of hydrogen-bond acceptors (Lipinski definition) is 6. The van der Waals surface area contributed by atoms with Gasteiger partial charge in [-0.25, -0.2) is 17.9 Å². The Morgan fingerprint density at radius 1 is 1.29 bits per heavy atom. The number of benzene rings is 1. The van der Waals surface area contributed by atoms with Crippen molar-refractivity contribution >= 4 is 32.5 Å². The number of hydrogen-bond donors (Lipinski definition) is 2. The zero-order valence-corrected chi connectivity index (χ0v) is 16.5. The summed E-state index contributed by atoms with van der Waals surface area (Å²) in [4.78, 5) is 18.2. The number of H-pyrrole nitrogens is 1. The van der Waals surface area contributed by atoms with E-state index in [0.29, 0.717) is 17.6 Å². The van der Waals surface area contributed by atoms with Crippen molar-refractivity contribution in [2.75, 3.05) is 0 Å². The summed E-state index contributed by atoms with van der Waals surface area (Å²) in [5.74, 6) is -0.628. The minimum Gasteiger partial charge on any atom is -0.408 e. The van der Waals surface area contributed by atoms with Crippen molar-refractivity contribution in [1.29, 1.82) is 0 Å². The Bertz CT molecular complexity index is 1270. The highest BCUT2D eigenvalue weighted by Gasteiger charge is 2.24. The molecule has 0 saturated carbocycles. The zero-order chi connectivity index (χ0) is 19.7. The number of aromatic amines is 1. The van der Waals surface area contributed by atoms with E-state index >= 15 is 0 Å². The van der Waals surface area contributed by atoms with Gasteiger partial charge in [0.15, 0.2) is 5.58 Å². The molecule has 1 atom stereocenters. The van der Waals surface area contributed by atoms with Crippen molar-refractivity contribution in [3.8, 4) is 0 Å². The third-order valence-electron chi connectivity index (χ3n) is 4.40. The molecule has 0 radical (unpaired) electrons. The molecule has 1 aromatic carbocycles. The number of thiophene rings is 1. The zero-order valence-electron chi connectivity index (χ0n) is 14.9. The number of fused-ring (bicyclic) bond motifs is 1. The molecular formula is C19H17N3O4S2. The van der Waals surface area contributed by atoms with Gasteiger partial charge >= 0.3 is 5.76 Å². The van der Waals surface area contributed by atoms with Crippen molar-refractivity contribution in [1.82, 2.24) is 14.7 Å². The van der Waals surface area contributed by atoms with Crippen molar-refractivity contribution < 1.29 is 12.8 Å². The number of rotatable bonds is 6. The van der Waals surface area contributed by atoms with Gasteiger partial charge in [-0.05, 0) is 59.5 Å². The standard InChI is InChI=1S/C19H17N3O4S2/c1-12-3-2-7-20-18(12)16(9-13-6-8-27-11-13)22-28(24,25)14-4-5-15-17(10-14)26-19(23)21-15/h2-8,10-11,16,22H,9H2,1H3,(H,21,23)/t16-/m0/s1. The van der Waals surface area contributed by atoms with E-state index in [9.17, 15) is 13.2 Å². The summed E-state index contributed by atoms with van der Waals surface area (Å²) in [6.45, 7) is 1.90. The molecule has 3 heterocycles. The van der Waals surface area contributed by atoms with Crippen molar-refractivity contribution in [2.45, 2.75) is 24.3 Å². The molecule has 144 valence electrons. The quantitative estimate of drug-likeness (QED) is 0.503. The summed E-state index contributed by atoms with van der Waals surface area (Å²) < 4.78 is 33.8. The lowest BCUT2D eigenvalue weighted by Crippen LogP contribution is -2.31. The van der Waals surface area contributed by atoms with Gasteiger partial charge in [0, 0.05) is 12.3 Å². The largest absolute Gasteiger partial charge is 0.417 e. The Kier molecular flexibility index (Phi) is 4.88. The molecule has 0 spiro atoms. The van der Waals surface area contributed by atoms with E-state index in [-0.39, 0.29) is 10.5 Å². The van der Waals surface area contributed by atoms with Gasteiger partial charge in [-0.2, -0.15) is 11.3 Å². The number of aromatic nitrogens is 2. The van der Waals surface area contributed by atoms with Gasteiger partial charge in [0.05, 0.1) is 22.1 Å². The summed E-state index contributed by atoms with van der Waals surface area (Å²) >= 11 is 1.56. The summed E-state index contributed by atoms with van der Waals surface area (Å²) in [5.41, 5.74) is 3.23. The Morgan fingerprint density at radius 2 is 2.14 bits per heavy atom. The van der Waals surface area contributed by atoms with Crippen LogP contribution < -0.4 is 10.5 Å². The van der Waals surface area contributed by atoms with Crippen molar-refractivity contribution in [3.63, 3.8) is 0 Å². The van der Waals surface area contributed by atoms with E-state index in [1.54, 1.807) is 17.5 Å². The van der Waals surface area contributed by atoms with Gasteiger partial charge < -0.3 is 4.42 Å². The minimum absolute atomic E-state index is 0.0200. The first kappa shape index (κ1) is 18.6. The molecule has 0 bridgehead atoms. The van der Waals surface area contributed by atoms with Gasteiger partial charge in [-0.3, -0.25) is 9.97 Å². The maximum atomic E-state index is 13.0. The Balaban J connectivity index is 1.71. The maximum absolute atomic E-state index is 13.0. The van der Waals surface area contributed by atoms with Gasteiger partial charge in [0.25, 0.3) is 0 Å². The number of nitrogens with zero attached hydrogens (tertiary/aromatic N) is 1. The van der Waals surface area contributed by atoms with E-state index < -0.39 is 21.8 Å². The predicted molar refractivity (Wildman–Crippen MR) is 107 cm³/mol. The molecule has 4 aromatic rings. The van der Waals surface area contributed by atoms with E-state index in [4.69, 9.17) is 4.42 Å². The highest BCUT2D eigenvalue weighted by Crippen LogP contribution is 2.24. The normalized spacial score (nSPS) is 13.0. The average Bonchev–Trinajstić information content (AvgIpc) is 3.29. The third-order valence-corrected chi connectivity index (χ3v) is 6.60. The van der Waals surface area contributed by atoms with Crippen LogP contribution in [0.15, 0.2) is 67.5 Å². The number of oxazole rings is 1. The lowest BCUT2D eigenvalue weighted by molar-refractivity contribution is 0.545. The number of pyridine rings is 1. The number of aryl methyl sites for hydroxylation is 1. The first-order chi connectivity index (χ1) is 13.4. The fraction of sp³-hybridized carbons (Fsp3) is 0.158. The second kappa shape index (κ2) is 7.34. The molecule has 0 saturated heterocycles. The Morgan fingerprint density at radius 3 is 2.89 bits per heavy atom. The lowest BCUT2D eigenvalue weighted by atomic mass is 10.0. The highest BCUT2D eigenvalue weighted by atomic mass is 32.2. The van der Waals surface area contributed by atoms with Crippen LogP contribution in [0.2, 0.25) is 0 Å². The summed E-state index contributed by atoms with van der Waals surface area (Å²) in [6, 6.07) is 9.43. The average molecular weight is 415 g/mol. The lowest BCUT2D eigenvalue weighted by Gasteiger charge is -2.19.